The summed E-state index contributed by atoms with van der Waals surface area (Å²) in [5, 5.41) is 2.91. The molecule has 0 radical (unpaired) electrons. The van der Waals surface area contributed by atoms with Gasteiger partial charge < -0.3 is 20.5 Å². The van der Waals surface area contributed by atoms with Gasteiger partial charge in [0, 0.05) is 11.9 Å². The van der Waals surface area contributed by atoms with Gasteiger partial charge in [0.25, 0.3) is 0 Å². The lowest BCUT2D eigenvalue weighted by molar-refractivity contribution is -0.113. The smallest absolute Gasteiger partial charge is 0.343 e. The molecule has 2 aromatic rings. The summed E-state index contributed by atoms with van der Waals surface area (Å²) in [6, 6.07) is 6.37. The number of aromatic nitrogens is 2. The van der Waals surface area contributed by atoms with Crippen molar-refractivity contribution in [1.82, 2.24) is 9.97 Å². The molecule has 1 amide bonds. The molecule has 10 heteroatoms. The number of carbonyl (C=O) groups is 3. The third-order valence-corrected chi connectivity index (χ3v) is 4.05. The molecule has 0 fully saturated rings. The average molecular weight is 390 g/mol. The minimum absolute atomic E-state index is 0.0145. The molecule has 1 aromatic carbocycles. The van der Waals surface area contributed by atoms with E-state index in [0.29, 0.717) is 11.3 Å². The Kier molecular flexibility index (Phi) is 7.12. The third-order valence-electron chi connectivity index (χ3n) is 3.19. The predicted molar refractivity (Wildman–Crippen MR) is 99.5 cm³/mol. The topological polar surface area (TPSA) is 134 Å². The minimum Gasteiger partial charge on any atom is -0.465 e. The van der Waals surface area contributed by atoms with Crippen molar-refractivity contribution in [2.24, 2.45) is 0 Å². The summed E-state index contributed by atoms with van der Waals surface area (Å²) in [6.07, 6.45) is 1.26. The molecule has 0 saturated heterocycles. The number of hydrogen-bond acceptors (Lipinski definition) is 9. The number of nitrogen functional groups attached to an aromatic ring is 1. The van der Waals surface area contributed by atoms with Crippen LogP contribution in [0, 0.1) is 0 Å². The molecule has 2 rings (SSSR count). The molecule has 0 spiro atoms. The van der Waals surface area contributed by atoms with Crippen LogP contribution in [0.3, 0.4) is 0 Å². The molecule has 142 valence electrons. The number of thioether (sulfide) groups is 1. The van der Waals surface area contributed by atoms with Gasteiger partial charge in [-0.15, -0.1) is 0 Å². The average Bonchev–Trinajstić information content (AvgIpc) is 2.66. The maximum atomic E-state index is 12.1. The highest BCUT2D eigenvalue weighted by Crippen LogP contribution is 2.18. The van der Waals surface area contributed by atoms with Gasteiger partial charge in [-0.05, 0) is 25.1 Å². The maximum Gasteiger partial charge on any atom is 0.343 e. The number of hydrogen-bond donors (Lipinski definition) is 2. The van der Waals surface area contributed by atoms with Gasteiger partial charge in [0.1, 0.15) is 11.4 Å². The van der Waals surface area contributed by atoms with Crippen molar-refractivity contribution in [3.8, 4) is 0 Å². The van der Waals surface area contributed by atoms with Crippen molar-refractivity contribution < 1.29 is 23.9 Å². The first-order valence-corrected chi connectivity index (χ1v) is 8.83. The van der Waals surface area contributed by atoms with Crippen LogP contribution in [0.4, 0.5) is 11.5 Å². The quantitative estimate of drug-likeness (QED) is 0.412. The van der Waals surface area contributed by atoms with Crippen LogP contribution in [0.5, 0.6) is 0 Å². The van der Waals surface area contributed by atoms with E-state index < -0.39 is 11.9 Å². The Morgan fingerprint density at radius 3 is 2.70 bits per heavy atom. The van der Waals surface area contributed by atoms with Gasteiger partial charge in [0.2, 0.25) is 5.91 Å². The van der Waals surface area contributed by atoms with E-state index in [9.17, 15) is 14.4 Å². The lowest BCUT2D eigenvalue weighted by Gasteiger charge is -2.07. The summed E-state index contributed by atoms with van der Waals surface area (Å²) < 4.78 is 9.48. The number of rotatable bonds is 7. The van der Waals surface area contributed by atoms with Gasteiger partial charge in [-0.1, -0.05) is 17.8 Å². The SMILES string of the molecule is CCOC(=O)c1cnc(SCC(=O)Nc2cccc(C(=O)OC)c2)nc1N. The zero-order chi connectivity index (χ0) is 19.8. The van der Waals surface area contributed by atoms with Crippen LogP contribution < -0.4 is 11.1 Å². The molecular weight excluding hydrogens is 372 g/mol. The number of nitrogens with zero attached hydrogens (tertiary/aromatic N) is 2. The van der Waals surface area contributed by atoms with Crippen molar-refractivity contribution in [2.75, 3.05) is 30.5 Å². The van der Waals surface area contributed by atoms with E-state index in [0.717, 1.165) is 11.8 Å². The van der Waals surface area contributed by atoms with Crippen LogP contribution in [-0.4, -0.2) is 47.3 Å². The Labute approximate surface area is 159 Å². The van der Waals surface area contributed by atoms with Crippen LogP contribution in [0.25, 0.3) is 0 Å². The Morgan fingerprint density at radius 2 is 2.04 bits per heavy atom. The molecule has 0 bridgehead atoms. The lowest BCUT2D eigenvalue weighted by Crippen LogP contribution is -2.15. The molecule has 3 N–H and O–H groups in total. The fourth-order valence-electron chi connectivity index (χ4n) is 1.98. The number of ether oxygens (including phenoxy) is 2. The first-order chi connectivity index (χ1) is 12.9. The van der Waals surface area contributed by atoms with Crippen LogP contribution in [0.1, 0.15) is 27.6 Å². The lowest BCUT2D eigenvalue weighted by atomic mass is 10.2. The van der Waals surface area contributed by atoms with Crippen LogP contribution >= 0.6 is 11.8 Å². The fourth-order valence-corrected chi connectivity index (χ4v) is 2.61. The second kappa shape index (κ2) is 9.53. The van der Waals surface area contributed by atoms with Gasteiger partial charge in [-0.25, -0.2) is 19.6 Å². The van der Waals surface area contributed by atoms with E-state index in [1.165, 1.54) is 19.4 Å². The van der Waals surface area contributed by atoms with Crippen molar-refractivity contribution in [3.63, 3.8) is 0 Å². The van der Waals surface area contributed by atoms with E-state index in [1.807, 2.05) is 0 Å². The molecule has 0 aliphatic carbocycles. The molecule has 0 unspecified atom stereocenters. The van der Waals surface area contributed by atoms with Crippen LogP contribution in [-0.2, 0) is 14.3 Å². The van der Waals surface area contributed by atoms with E-state index in [2.05, 4.69) is 20.0 Å². The number of nitrogens with one attached hydrogen (secondary N) is 1. The molecule has 0 saturated carbocycles. The Hall–Kier alpha value is -3.14. The van der Waals surface area contributed by atoms with Gasteiger partial charge in [0.15, 0.2) is 5.16 Å². The molecule has 0 atom stereocenters. The first-order valence-electron chi connectivity index (χ1n) is 7.85. The van der Waals surface area contributed by atoms with E-state index in [-0.39, 0.29) is 34.8 Å². The maximum absolute atomic E-state index is 12.1. The van der Waals surface area contributed by atoms with Crippen LogP contribution in [0.2, 0.25) is 0 Å². The van der Waals surface area contributed by atoms with Gasteiger partial charge in [-0.2, -0.15) is 0 Å². The molecule has 1 aromatic heterocycles. The highest BCUT2D eigenvalue weighted by atomic mass is 32.2. The second-order valence-electron chi connectivity index (χ2n) is 5.08. The number of benzene rings is 1. The first kappa shape index (κ1) is 20.2. The fraction of sp³-hybridized carbons (Fsp3) is 0.235. The van der Waals surface area contributed by atoms with Crippen LogP contribution in [0.15, 0.2) is 35.6 Å². The van der Waals surface area contributed by atoms with E-state index >= 15 is 0 Å². The van der Waals surface area contributed by atoms with Crippen molar-refractivity contribution in [3.05, 3.63) is 41.6 Å². The Bertz CT molecular complexity index is 859. The third kappa shape index (κ3) is 5.68. The summed E-state index contributed by atoms with van der Waals surface area (Å²) in [5.74, 6) is -1.42. The number of anilines is 2. The largest absolute Gasteiger partial charge is 0.465 e. The summed E-state index contributed by atoms with van der Waals surface area (Å²) in [7, 11) is 1.28. The van der Waals surface area contributed by atoms with Gasteiger partial charge in [0.05, 0.1) is 25.0 Å². The normalized spacial score (nSPS) is 10.1. The van der Waals surface area contributed by atoms with E-state index in [4.69, 9.17) is 10.5 Å². The molecule has 0 aliphatic heterocycles. The van der Waals surface area contributed by atoms with Crippen molar-refractivity contribution in [1.29, 1.82) is 0 Å². The minimum atomic E-state index is -0.602. The second-order valence-corrected chi connectivity index (χ2v) is 6.02. The summed E-state index contributed by atoms with van der Waals surface area (Å²) in [5.41, 5.74) is 6.59. The monoisotopic (exact) mass is 390 g/mol. The summed E-state index contributed by atoms with van der Waals surface area (Å²) in [4.78, 5) is 43.2. The molecule has 9 nitrogen and oxygen atoms in total. The summed E-state index contributed by atoms with van der Waals surface area (Å²) in [6.45, 7) is 1.89. The molecule has 0 aliphatic rings. The number of amides is 1. The predicted octanol–water partition coefficient (Wildman–Crippen LogP) is 1.75. The highest BCUT2D eigenvalue weighted by molar-refractivity contribution is 7.99. The summed E-state index contributed by atoms with van der Waals surface area (Å²) >= 11 is 1.05. The number of carbonyl (C=O) groups excluding carboxylic acids is 3. The van der Waals surface area contributed by atoms with E-state index in [1.54, 1.807) is 25.1 Å². The van der Waals surface area contributed by atoms with Crippen molar-refractivity contribution in [2.45, 2.75) is 12.1 Å². The van der Waals surface area contributed by atoms with Crippen molar-refractivity contribution >= 4 is 41.1 Å². The Morgan fingerprint density at radius 1 is 1.26 bits per heavy atom. The zero-order valence-corrected chi connectivity index (χ0v) is 15.5. The molecular formula is C17H18N4O5S. The van der Waals surface area contributed by atoms with Gasteiger partial charge >= 0.3 is 11.9 Å². The Balaban J connectivity index is 1.95. The number of methoxy groups -OCH3 is 1. The van der Waals surface area contributed by atoms with Gasteiger partial charge in [-0.3, -0.25) is 4.79 Å². The number of nitrogens with two attached hydrogens (primary N) is 1. The standard InChI is InChI=1S/C17H18N4O5S/c1-3-26-16(24)12-8-19-17(21-14(12)18)27-9-13(22)20-11-6-4-5-10(7-11)15(23)25-2/h4-8H,3,9H2,1-2H3,(H,20,22)(H2,18,19,21). The number of esters is 2. The highest BCUT2D eigenvalue weighted by Gasteiger charge is 2.14. The zero-order valence-electron chi connectivity index (χ0n) is 14.7. The molecule has 1 heterocycles. The molecule has 27 heavy (non-hydrogen) atoms.